The molecule has 1 aliphatic rings. The quantitative estimate of drug-likeness (QED) is 0.867. The first-order chi connectivity index (χ1) is 8.20. The maximum absolute atomic E-state index is 4.44. The fraction of sp³-hybridized carbons (Fsp3) is 0.769. The van der Waals surface area contributed by atoms with Crippen LogP contribution in [-0.4, -0.2) is 35.5 Å². The highest BCUT2D eigenvalue weighted by molar-refractivity contribution is 5.49. The van der Waals surface area contributed by atoms with Crippen molar-refractivity contribution in [2.75, 3.05) is 24.5 Å². The molecule has 0 amide bonds. The van der Waals surface area contributed by atoms with E-state index in [9.17, 15) is 0 Å². The van der Waals surface area contributed by atoms with Crippen LogP contribution in [0.2, 0.25) is 0 Å². The monoisotopic (exact) mass is 236 g/mol. The highest BCUT2D eigenvalue weighted by atomic mass is 15.3. The normalized spacial score (nSPS) is 21.6. The summed E-state index contributed by atoms with van der Waals surface area (Å²) in [5.41, 5.74) is 2.45. The topological polar surface area (TPSA) is 33.1 Å². The third kappa shape index (κ3) is 3.00. The number of aryl methyl sites for hydroxylation is 2. The van der Waals surface area contributed by atoms with Gasteiger partial charge in [0.05, 0.1) is 11.4 Å². The Morgan fingerprint density at radius 1 is 1.53 bits per heavy atom. The maximum Gasteiger partial charge on any atom is 0.0827 e. The lowest BCUT2D eigenvalue weighted by atomic mass is 10.1. The molecule has 1 atom stereocenters. The lowest BCUT2D eigenvalue weighted by molar-refractivity contribution is 0.502. The van der Waals surface area contributed by atoms with Crippen molar-refractivity contribution in [1.82, 2.24) is 15.1 Å². The van der Waals surface area contributed by atoms with Crippen molar-refractivity contribution < 1.29 is 0 Å². The largest absolute Gasteiger partial charge is 0.367 e. The van der Waals surface area contributed by atoms with E-state index in [2.05, 4.69) is 35.4 Å². The molecule has 1 aromatic rings. The minimum absolute atomic E-state index is 0.627. The Kier molecular flexibility index (Phi) is 4.05. The van der Waals surface area contributed by atoms with Gasteiger partial charge in [-0.25, -0.2) is 0 Å². The molecule has 1 aromatic heterocycles. The summed E-state index contributed by atoms with van der Waals surface area (Å²) in [6, 6.07) is 0.627. The van der Waals surface area contributed by atoms with E-state index in [4.69, 9.17) is 0 Å². The van der Waals surface area contributed by atoms with Crippen molar-refractivity contribution >= 4 is 5.69 Å². The van der Waals surface area contributed by atoms with Gasteiger partial charge in [0.1, 0.15) is 0 Å². The second-order valence-corrected chi connectivity index (χ2v) is 5.01. The van der Waals surface area contributed by atoms with Gasteiger partial charge in [0.2, 0.25) is 0 Å². The fourth-order valence-electron chi connectivity index (χ4n) is 2.66. The number of nitrogens with zero attached hydrogens (tertiary/aromatic N) is 3. The third-order valence-electron chi connectivity index (χ3n) is 3.44. The summed E-state index contributed by atoms with van der Waals surface area (Å²) in [4.78, 5) is 2.49. The molecular formula is C13H24N4. The number of aromatic nitrogens is 2. The van der Waals surface area contributed by atoms with Gasteiger partial charge in [-0.15, -0.1) is 0 Å². The number of nitrogens with one attached hydrogen (secondary N) is 1. The second-order valence-electron chi connectivity index (χ2n) is 5.01. The van der Waals surface area contributed by atoms with Crippen molar-refractivity contribution in [3.8, 4) is 0 Å². The molecule has 1 aliphatic heterocycles. The van der Waals surface area contributed by atoms with Crippen molar-refractivity contribution in [3.05, 3.63) is 11.9 Å². The number of hydrogen-bond donors (Lipinski definition) is 1. The first kappa shape index (κ1) is 12.4. The zero-order chi connectivity index (χ0) is 12.3. The van der Waals surface area contributed by atoms with Gasteiger partial charge >= 0.3 is 0 Å². The van der Waals surface area contributed by atoms with Crippen LogP contribution in [-0.2, 0) is 7.05 Å². The number of rotatable bonds is 3. The minimum atomic E-state index is 0.627. The van der Waals surface area contributed by atoms with E-state index in [1.54, 1.807) is 0 Å². The van der Waals surface area contributed by atoms with E-state index < -0.39 is 0 Å². The molecule has 1 fully saturated rings. The minimum Gasteiger partial charge on any atom is -0.367 e. The van der Waals surface area contributed by atoms with Crippen LogP contribution in [0.25, 0.3) is 0 Å². The summed E-state index contributed by atoms with van der Waals surface area (Å²) in [6.45, 7) is 7.75. The predicted octanol–water partition coefficient (Wildman–Crippen LogP) is 1.70. The summed E-state index contributed by atoms with van der Waals surface area (Å²) < 4.78 is 1.91. The van der Waals surface area contributed by atoms with Crippen molar-refractivity contribution in [1.29, 1.82) is 0 Å². The summed E-state index contributed by atoms with van der Waals surface area (Å²) in [7, 11) is 2.00. The van der Waals surface area contributed by atoms with Crippen LogP contribution in [0.5, 0.6) is 0 Å². The highest BCUT2D eigenvalue weighted by Crippen LogP contribution is 2.20. The molecule has 2 rings (SSSR count). The average Bonchev–Trinajstić information content (AvgIpc) is 2.52. The Morgan fingerprint density at radius 3 is 3.00 bits per heavy atom. The van der Waals surface area contributed by atoms with E-state index in [1.807, 2.05) is 11.7 Å². The molecule has 17 heavy (non-hydrogen) atoms. The van der Waals surface area contributed by atoms with Crippen molar-refractivity contribution in [2.24, 2.45) is 7.05 Å². The molecule has 4 nitrogen and oxygen atoms in total. The zero-order valence-electron chi connectivity index (χ0n) is 11.2. The molecule has 4 heteroatoms. The first-order valence-electron chi connectivity index (χ1n) is 6.69. The van der Waals surface area contributed by atoms with E-state index in [1.165, 1.54) is 24.9 Å². The van der Waals surface area contributed by atoms with Gasteiger partial charge in [-0.3, -0.25) is 4.68 Å². The summed E-state index contributed by atoms with van der Waals surface area (Å²) >= 11 is 0. The molecular weight excluding hydrogens is 212 g/mol. The molecule has 0 bridgehead atoms. The Morgan fingerprint density at radius 2 is 2.35 bits per heavy atom. The van der Waals surface area contributed by atoms with E-state index in [-0.39, 0.29) is 0 Å². The highest BCUT2D eigenvalue weighted by Gasteiger charge is 2.19. The lowest BCUT2D eigenvalue weighted by Crippen LogP contribution is -2.37. The van der Waals surface area contributed by atoms with Crippen LogP contribution in [0, 0.1) is 6.92 Å². The van der Waals surface area contributed by atoms with Crippen LogP contribution >= 0.6 is 0 Å². The third-order valence-corrected chi connectivity index (χ3v) is 3.44. The standard InChI is InChI=1S/C13H24N4/c1-4-6-12-9-17(8-5-7-14-12)13-10-16(3)15-11(13)2/h10,12,14H,4-9H2,1-3H3. The summed E-state index contributed by atoms with van der Waals surface area (Å²) in [5, 5.41) is 8.08. The first-order valence-corrected chi connectivity index (χ1v) is 6.69. The predicted molar refractivity (Wildman–Crippen MR) is 71.5 cm³/mol. The SMILES string of the molecule is CCCC1CN(c2cn(C)nc2C)CCCN1. The maximum atomic E-state index is 4.44. The summed E-state index contributed by atoms with van der Waals surface area (Å²) in [6.07, 6.45) is 5.87. The van der Waals surface area contributed by atoms with Crippen LogP contribution in [0.1, 0.15) is 31.9 Å². The van der Waals surface area contributed by atoms with Crippen LogP contribution in [0.3, 0.4) is 0 Å². The number of hydrogen-bond acceptors (Lipinski definition) is 3. The van der Waals surface area contributed by atoms with Crippen molar-refractivity contribution in [3.63, 3.8) is 0 Å². The Balaban J connectivity index is 2.10. The second kappa shape index (κ2) is 5.54. The van der Waals surface area contributed by atoms with Gasteiger partial charge in [-0.1, -0.05) is 13.3 Å². The van der Waals surface area contributed by atoms with Gasteiger partial charge in [0, 0.05) is 32.4 Å². The molecule has 2 heterocycles. The van der Waals surface area contributed by atoms with Gasteiger partial charge in [-0.2, -0.15) is 5.10 Å². The molecule has 1 unspecified atom stereocenters. The molecule has 1 saturated heterocycles. The molecule has 0 aliphatic carbocycles. The molecule has 96 valence electrons. The van der Waals surface area contributed by atoms with Crippen LogP contribution < -0.4 is 10.2 Å². The van der Waals surface area contributed by atoms with Gasteiger partial charge in [0.15, 0.2) is 0 Å². The fourth-order valence-corrected chi connectivity index (χ4v) is 2.66. The average molecular weight is 236 g/mol. The van der Waals surface area contributed by atoms with Gasteiger partial charge in [-0.05, 0) is 26.3 Å². The molecule has 0 spiro atoms. The molecule has 0 aromatic carbocycles. The van der Waals surface area contributed by atoms with Crippen molar-refractivity contribution in [2.45, 2.75) is 39.2 Å². The van der Waals surface area contributed by atoms with E-state index in [0.717, 1.165) is 25.3 Å². The Labute approximate surface area is 104 Å². The smallest absolute Gasteiger partial charge is 0.0827 e. The number of anilines is 1. The van der Waals surface area contributed by atoms with Gasteiger partial charge in [0.25, 0.3) is 0 Å². The van der Waals surface area contributed by atoms with E-state index >= 15 is 0 Å². The Hall–Kier alpha value is -1.03. The summed E-state index contributed by atoms with van der Waals surface area (Å²) in [5.74, 6) is 0. The van der Waals surface area contributed by atoms with Gasteiger partial charge < -0.3 is 10.2 Å². The Bertz CT molecular complexity index is 358. The molecule has 1 N–H and O–H groups in total. The van der Waals surface area contributed by atoms with E-state index in [0.29, 0.717) is 6.04 Å². The van der Waals surface area contributed by atoms with Crippen LogP contribution in [0.4, 0.5) is 5.69 Å². The molecule has 0 radical (unpaired) electrons. The zero-order valence-corrected chi connectivity index (χ0v) is 11.2. The molecule has 0 saturated carbocycles. The lowest BCUT2D eigenvalue weighted by Gasteiger charge is -2.25. The van der Waals surface area contributed by atoms with Crippen LogP contribution in [0.15, 0.2) is 6.20 Å².